The molecule has 0 fully saturated rings. The van der Waals surface area contributed by atoms with Gasteiger partial charge in [0.2, 0.25) is 0 Å². The number of rotatable bonds is 4. The Hall–Kier alpha value is 0.223. The second-order valence-electron chi connectivity index (χ2n) is 7.53. The van der Waals surface area contributed by atoms with Gasteiger partial charge in [-0.15, -0.1) is 19.6 Å². The van der Waals surface area contributed by atoms with E-state index in [-0.39, 0.29) is 25.8 Å². The van der Waals surface area contributed by atoms with E-state index in [1.807, 2.05) is 41.5 Å². The number of halogens is 6. The molecule has 0 heterocycles. The minimum absolute atomic E-state index is 0. The van der Waals surface area contributed by atoms with Crippen molar-refractivity contribution in [2.24, 2.45) is 17.8 Å². The van der Waals surface area contributed by atoms with Crippen molar-refractivity contribution < 1.29 is 52.2 Å². The van der Waals surface area contributed by atoms with Gasteiger partial charge >= 0.3 is 105 Å². The molecule has 3 nitrogen and oxygen atoms in total. The Morgan fingerprint density at radius 2 is 0.867 bits per heavy atom. The van der Waals surface area contributed by atoms with Crippen LogP contribution in [0, 0.1) is 17.8 Å². The van der Waals surface area contributed by atoms with Gasteiger partial charge in [-0.2, -0.15) is 0 Å². The number of alkyl halides is 6. The fraction of sp³-hybridized carbons (Fsp3) is 0.737. The smallest absolute Gasteiger partial charge is 4.00 e. The Kier molecular flexibility index (Phi) is 24.9. The van der Waals surface area contributed by atoms with Crippen LogP contribution in [-0.2, 0) is 25.8 Å². The minimum atomic E-state index is -5.46. The molecule has 1 aromatic rings. The molecule has 3 N–H and O–H groups in total. The first-order chi connectivity index (χ1) is 13.0. The predicted molar refractivity (Wildman–Crippen MR) is 113 cm³/mol. The molecule has 0 aliphatic rings. The predicted octanol–water partition coefficient (Wildman–Crippen LogP) is 7.12. The van der Waals surface area contributed by atoms with Crippen LogP contribution in [0.25, 0.3) is 17.2 Å². The molecular formula is C19H35F6GeHfN3. The van der Waals surface area contributed by atoms with Crippen molar-refractivity contribution >= 4 is 18.7 Å². The molecule has 0 radical (unpaired) electrons. The summed E-state index contributed by atoms with van der Waals surface area (Å²) in [5.74, 6) is 1.65. The second kappa shape index (κ2) is 19.9. The molecule has 0 bridgehead atoms. The molecule has 0 aliphatic heterocycles. The molecule has 0 atom stereocenters. The van der Waals surface area contributed by atoms with E-state index < -0.39 is 28.8 Å². The summed E-state index contributed by atoms with van der Waals surface area (Å²) < 4.78 is 72.3. The fourth-order valence-electron chi connectivity index (χ4n) is 1.14. The molecule has 11 heteroatoms. The van der Waals surface area contributed by atoms with Crippen LogP contribution in [0.3, 0.4) is 0 Å². The van der Waals surface area contributed by atoms with Crippen LogP contribution in [0.1, 0.15) is 41.5 Å². The first-order valence-corrected chi connectivity index (χ1v) is 13.0. The fourth-order valence-corrected chi connectivity index (χ4v) is 4.78. The largest absolute Gasteiger partial charge is 4.00 e. The molecule has 1 rings (SSSR count). The molecule has 0 spiro atoms. The summed E-state index contributed by atoms with van der Waals surface area (Å²) in [4.78, 5) is 0. The standard InChI is InChI=1S/C7H5F6Ge.3C4H10N.Hf/c8-6(9,10)14(7(11,12)13)5-3-1-2-4-5;3*1-4(2)3-5;/h1-4,14H;3*4-5H,3H2,1-2H3;/q4*-1;+4. The van der Waals surface area contributed by atoms with Gasteiger partial charge in [0, 0.05) is 0 Å². The van der Waals surface area contributed by atoms with Crippen molar-refractivity contribution in [2.75, 3.05) is 19.6 Å². The molecule has 30 heavy (non-hydrogen) atoms. The zero-order chi connectivity index (χ0) is 23.8. The van der Waals surface area contributed by atoms with Gasteiger partial charge in [0.1, 0.15) is 0 Å². The van der Waals surface area contributed by atoms with Crippen LogP contribution < -0.4 is 4.40 Å². The molecule has 0 unspecified atom stereocenters. The van der Waals surface area contributed by atoms with E-state index in [9.17, 15) is 26.3 Å². The van der Waals surface area contributed by atoms with Gasteiger partial charge in [-0.25, -0.2) is 0 Å². The molecule has 0 amide bonds. The summed E-state index contributed by atoms with van der Waals surface area (Å²) in [6.07, 6.45) is 0. The first-order valence-electron chi connectivity index (χ1n) is 9.33. The Morgan fingerprint density at radius 3 is 1.00 bits per heavy atom. The van der Waals surface area contributed by atoms with Gasteiger partial charge in [-0.1, -0.05) is 59.3 Å². The van der Waals surface area contributed by atoms with Crippen molar-refractivity contribution in [3.63, 3.8) is 0 Å². The third-order valence-electron chi connectivity index (χ3n) is 2.90. The zero-order valence-electron chi connectivity index (χ0n) is 18.5. The van der Waals surface area contributed by atoms with Crippen molar-refractivity contribution in [3.05, 3.63) is 41.5 Å². The van der Waals surface area contributed by atoms with Gasteiger partial charge in [0.15, 0.2) is 0 Å². The third kappa shape index (κ3) is 24.5. The molecule has 176 valence electrons. The van der Waals surface area contributed by atoms with Gasteiger partial charge < -0.3 is 17.2 Å². The van der Waals surface area contributed by atoms with E-state index in [0.29, 0.717) is 37.4 Å². The molecular weight excluding hydrogens is 635 g/mol. The molecule has 0 aliphatic carbocycles. The third-order valence-corrected chi connectivity index (χ3v) is 7.85. The number of hydrogen-bond donors (Lipinski definition) is 0. The molecule has 0 saturated heterocycles. The summed E-state index contributed by atoms with van der Waals surface area (Å²) >= 11 is -5.46. The average molecular weight is 671 g/mol. The van der Waals surface area contributed by atoms with Crippen molar-refractivity contribution in [3.8, 4) is 0 Å². The molecule has 0 saturated carbocycles. The Bertz CT molecular complexity index is 431. The van der Waals surface area contributed by atoms with Gasteiger partial charge in [-0.3, -0.25) is 0 Å². The summed E-state index contributed by atoms with van der Waals surface area (Å²) in [5.41, 5.74) is 20.0. The minimum Gasteiger partial charge on any atom is 4.00 e. The summed E-state index contributed by atoms with van der Waals surface area (Å²) in [7, 11) is 0. The number of nitrogens with one attached hydrogen (secondary N) is 3. The van der Waals surface area contributed by atoms with Gasteiger partial charge in [0.05, 0.1) is 0 Å². The Balaban J connectivity index is -0.000000176. The van der Waals surface area contributed by atoms with E-state index in [4.69, 9.17) is 17.2 Å². The summed E-state index contributed by atoms with van der Waals surface area (Å²) in [5, 5.41) is -10.2. The van der Waals surface area contributed by atoms with Crippen LogP contribution >= 0.6 is 0 Å². The SMILES string of the molecule is CC(C)C[NH-].CC(C)C[NH-].CC(C)C[NH-].F[C](F)(F)[GeH]([c-]1cccc1)[C](F)(F)F.[Hf+4]. The first kappa shape index (κ1) is 37.5. The van der Waals surface area contributed by atoms with Crippen LogP contribution in [0.15, 0.2) is 24.3 Å². The van der Waals surface area contributed by atoms with Crippen molar-refractivity contribution in [1.82, 2.24) is 0 Å². The van der Waals surface area contributed by atoms with E-state index in [2.05, 4.69) is 0 Å². The summed E-state index contributed by atoms with van der Waals surface area (Å²) in [6, 6.07) is 4.16. The van der Waals surface area contributed by atoms with Crippen LogP contribution in [0.4, 0.5) is 26.3 Å². The van der Waals surface area contributed by atoms with E-state index in [0.717, 1.165) is 12.1 Å². The van der Waals surface area contributed by atoms with Crippen LogP contribution in [-0.4, -0.2) is 44.0 Å². The van der Waals surface area contributed by atoms with Gasteiger partial charge in [0.25, 0.3) is 0 Å². The topological polar surface area (TPSA) is 71.4 Å². The Labute approximate surface area is 200 Å². The average Bonchev–Trinajstić information content (AvgIpc) is 3.07. The van der Waals surface area contributed by atoms with Crippen LogP contribution in [0.5, 0.6) is 0 Å². The maximum absolute atomic E-state index is 12.1. The molecule has 1 aromatic carbocycles. The normalized spacial score (nSPS) is 11.2. The Morgan fingerprint density at radius 1 is 0.667 bits per heavy atom. The number of hydrogen-bond acceptors (Lipinski definition) is 0. The van der Waals surface area contributed by atoms with E-state index in [1.54, 1.807) is 0 Å². The molecule has 0 aromatic heterocycles. The van der Waals surface area contributed by atoms with Crippen molar-refractivity contribution in [1.29, 1.82) is 0 Å². The van der Waals surface area contributed by atoms with Gasteiger partial charge in [-0.05, 0) is 0 Å². The van der Waals surface area contributed by atoms with E-state index >= 15 is 0 Å². The monoisotopic (exact) mass is 673 g/mol. The zero-order valence-corrected chi connectivity index (χ0v) is 24.5. The quantitative estimate of drug-likeness (QED) is 0.186. The second-order valence-corrected chi connectivity index (χ2v) is 13.5. The maximum atomic E-state index is 12.1. The van der Waals surface area contributed by atoms with Crippen molar-refractivity contribution in [2.45, 2.75) is 51.6 Å². The maximum Gasteiger partial charge on any atom is 4.00 e. The van der Waals surface area contributed by atoms with E-state index in [1.165, 1.54) is 12.1 Å². The van der Waals surface area contributed by atoms with Crippen LogP contribution in [0.2, 0.25) is 0 Å². The summed E-state index contributed by atoms with van der Waals surface area (Å²) in [6.45, 7) is 13.9.